The van der Waals surface area contributed by atoms with E-state index in [0.717, 1.165) is 11.0 Å². The number of nitrogens with zero attached hydrogens (tertiary/aromatic N) is 3. The predicted octanol–water partition coefficient (Wildman–Crippen LogP) is 2.06. The van der Waals surface area contributed by atoms with Gasteiger partial charge in [-0.2, -0.15) is 5.10 Å². The van der Waals surface area contributed by atoms with E-state index in [4.69, 9.17) is 12.2 Å². The van der Waals surface area contributed by atoms with E-state index in [1.54, 1.807) is 10.9 Å². The zero-order valence-electron chi connectivity index (χ0n) is 10.9. The molecule has 0 saturated carbocycles. The smallest absolute Gasteiger partial charge is 0.193 e. The molecule has 1 aromatic heterocycles. The first-order valence-corrected chi connectivity index (χ1v) is 6.51. The third-order valence-electron chi connectivity index (χ3n) is 2.36. The van der Waals surface area contributed by atoms with Crippen molar-refractivity contribution in [3.05, 3.63) is 54.1 Å². The SMILES string of the molecule is CC(C)NC(=S)/N=c1/ccn(-c2ccccc2)nc1. The average molecular weight is 272 g/mol. The lowest BCUT2D eigenvalue weighted by atomic mass is 10.3. The molecule has 0 spiro atoms. The number of rotatable bonds is 2. The number of hydrogen-bond donors (Lipinski definition) is 1. The Labute approximate surface area is 117 Å². The van der Waals surface area contributed by atoms with E-state index in [1.165, 1.54) is 0 Å². The second-order valence-corrected chi connectivity index (χ2v) is 4.77. The van der Waals surface area contributed by atoms with Gasteiger partial charge in [-0.25, -0.2) is 9.67 Å². The van der Waals surface area contributed by atoms with Crippen molar-refractivity contribution < 1.29 is 0 Å². The summed E-state index contributed by atoms with van der Waals surface area (Å²) in [6.07, 6.45) is 3.56. The lowest BCUT2D eigenvalue weighted by Gasteiger charge is -2.06. The summed E-state index contributed by atoms with van der Waals surface area (Å²) in [5, 5.41) is 8.61. The van der Waals surface area contributed by atoms with E-state index in [1.807, 2.05) is 56.4 Å². The zero-order valence-corrected chi connectivity index (χ0v) is 11.8. The van der Waals surface area contributed by atoms with E-state index >= 15 is 0 Å². The van der Waals surface area contributed by atoms with Crippen molar-refractivity contribution in [3.63, 3.8) is 0 Å². The van der Waals surface area contributed by atoms with Crippen molar-refractivity contribution in [1.29, 1.82) is 0 Å². The Morgan fingerprint density at radius 1 is 1.26 bits per heavy atom. The van der Waals surface area contributed by atoms with E-state index < -0.39 is 0 Å². The molecule has 0 radical (unpaired) electrons. The first-order valence-electron chi connectivity index (χ1n) is 6.11. The van der Waals surface area contributed by atoms with Crippen LogP contribution < -0.4 is 10.7 Å². The van der Waals surface area contributed by atoms with Crippen LogP contribution in [-0.4, -0.2) is 20.9 Å². The van der Waals surface area contributed by atoms with Crippen LogP contribution in [0.5, 0.6) is 0 Å². The van der Waals surface area contributed by atoms with Crippen LogP contribution in [0, 0.1) is 0 Å². The molecular formula is C14H16N4S. The van der Waals surface area contributed by atoms with E-state index in [9.17, 15) is 0 Å². The average Bonchev–Trinajstić information content (AvgIpc) is 2.39. The van der Waals surface area contributed by atoms with Gasteiger partial charge in [0, 0.05) is 12.2 Å². The Kier molecular flexibility index (Phi) is 4.41. The lowest BCUT2D eigenvalue weighted by Crippen LogP contribution is -2.28. The van der Waals surface area contributed by atoms with Gasteiger partial charge in [0.25, 0.3) is 0 Å². The molecule has 98 valence electrons. The van der Waals surface area contributed by atoms with Crippen molar-refractivity contribution in [2.45, 2.75) is 19.9 Å². The normalized spacial score (nSPS) is 11.6. The van der Waals surface area contributed by atoms with E-state index in [0.29, 0.717) is 5.11 Å². The van der Waals surface area contributed by atoms with Gasteiger partial charge in [0.15, 0.2) is 5.11 Å². The maximum Gasteiger partial charge on any atom is 0.193 e. The summed E-state index contributed by atoms with van der Waals surface area (Å²) in [4.78, 5) is 4.28. The largest absolute Gasteiger partial charge is 0.359 e. The quantitative estimate of drug-likeness (QED) is 0.851. The van der Waals surface area contributed by atoms with Gasteiger partial charge in [0.05, 0.1) is 17.2 Å². The third-order valence-corrected chi connectivity index (χ3v) is 2.57. The van der Waals surface area contributed by atoms with Crippen LogP contribution >= 0.6 is 12.2 Å². The molecule has 5 heteroatoms. The van der Waals surface area contributed by atoms with Gasteiger partial charge in [-0.1, -0.05) is 18.2 Å². The number of nitrogens with one attached hydrogen (secondary N) is 1. The van der Waals surface area contributed by atoms with Crippen molar-refractivity contribution in [3.8, 4) is 5.69 Å². The topological polar surface area (TPSA) is 42.2 Å². The molecule has 1 N–H and O–H groups in total. The molecule has 0 aliphatic rings. The molecule has 0 fully saturated rings. The molecular weight excluding hydrogens is 256 g/mol. The molecule has 0 saturated heterocycles. The summed E-state index contributed by atoms with van der Waals surface area (Å²) >= 11 is 5.13. The molecule has 0 aliphatic carbocycles. The van der Waals surface area contributed by atoms with Gasteiger partial charge >= 0.3 is 0 Å². The highest BCUT2D eigenvalue weighted by Gasteiger charge is 1.96. The molecule has 1 aromatic carbocycles. The molecule has 0 bridgehead atoms. The molecule has 2 aromatic rings. The Morgan fingerprint density at radius 2 is 2.00 bits per heavy atom. The number of para-hydroxylation sites is 1. The van der Waals surface area contributed by atoms with Crippen molar-refractivity contribution in [2.75, 3.05) is 0 Å². The van der Waals surface area contributed by atoms with Gasteiger partial charge in [-0.05, 0) is 44.3 Å². The van der Waals surface area contributed by atoms with Crippen LogP contribution in [-0.2, 0) is 0 Å². The van der Waals surface area contributed by atoms with Crippen LogP contribution in [0.3, 0.4) is 0 Å². The highest BCUT2D eigenvalue weighted by molar-refractivity contribution is 7.80. The van der Waals surface area contributed by atoms with Gasteiger partial charge in [0.1, 0.15) is 0 Å². The van der Waals surface area contributed by atoms with Crippen LogP contribution in [0.1, 0.15) is 13.8 Å². The Morgan fingerprint density at radius 3 is 2.58 bits per heavy atom. The molecule has 0 unspecified atom stereocenters. The highest BCUT2D eigenvalue weighted by atomic mass is 32.1. The van der Waals surface area contributed by atoms with Gasteiger partial charge < -0.3 is 5.32 Å². The van der Waals surface area contributed by atoms with Crippen LogP contribution in [0.15, 0.2) is 53.8 Å². The van der Waals surface area contributed by atoms with Gasteiger partial charge in [-0.15, -0.1) is 0 Å². The Balaban J connectivity index is 2.19. The molecule has 19 heavy (non-hydrogen) atoms. The molecule has 2 rings (SSSR count). The molecule has 0 amide bonds. The lowest BCUT2D eigenvalue weighted by molar-refractivity contribution is 0.734. The van der Waals surface area contributed by atoms with Crippen molar-refractivity contribution in [1.82, 2.24) is 15.1 Å². The summed E-state index contributed by atoms with van der Waals surface area (Å²) in [7, 11) is 0. The molecule has 0 aliphatic heterocycles. The fourth-order valence-corrected chi connectivity index (χ4v) is 1.89. The Hall–Kier alpha value is -2.01. The fourth-order valence-electron chi connectivity index (χ4n) is 1.55. The highest BCUT2D eigenvalue weighted by Crippen LogP contribution is 2.02. The van der Waals surface area contributed by atoms with Crippen molar-refractivity contribution >= 4 is 17.3 Å². The maximum atomic E-state index is 5.13. The number of aromatic nitrogens is 2. The summed E-state index contributed by atoms with van der Waals surface area (Å²) in [6, 6.07) is 12.1. The molecule has 0 atom stereocenters. The van der Waals surface area contributed by atoms with Gasteiger partial charge in [0.2, 0.25) is 0 Å². The summed E-state index contributed by atoms with van der Waals surface area (Å²) in [6.45, 7) is 4.04. The second kappa shape index (κ2) is 6.24. The summed E-state index contributed by atoms with van der Waals surface area (Å²) < 4.78 is 1.79. The van der Waals surface area contributed by atoms with Crippen molar-refractivity contribution in [2.24, 2.45) is 4.99 Å². The monoisotopic (exact) mass is 272 g/mol. The standard InChI is InChI=1S/C14H16N4S/c1-11(2)16-14(19)17-12-8-9-18(15-10-12)13-6-4-3-5-7-13/h3-11H,1-2H3,(H,16,19)/b17-12-. The third kappa shape index (κ3) is 3.99. The first-order chi connectivity index (χ1) is 9.15. The van der Waals surface area contributed by atoms with E-state index in [-0.39, 0.29) is 6.04 Å². The van der Waals surface area contributed by atoms with Crippen LogP contribution in [0.25, 0.3) is 5.69 Å². The maximum absolute atomic E-state index is 5.13. The number of hydrogen-bond acceptors (Lipinski definition) is 2. The summed E-state index contributed by atoms with van der Waals surface area (Å²) in [5.41, 5.74) is 1.01. The molecule has 4 nitrogen and oxygen atoms in total. The second-order valence-electron chi connectivity index (χ2n) is 4.38. The minimum absolute atomic E-state index is 0.280. The van der Waals surface area contributed by atoms with Crippen LogP contribution in [0.2, 0.25) is 0 Å². The summed E-state index contributed by atoms with van der Waals surface area (Å²) in [5.74, 6) is 0. The number of thiocarbonyl (C=S) groups is 1. The molecule has 1 heterocycles. The first kappa shape index (κ1) is 13.4. The minimum atomic E-state index is 0.280. The predicted molar refractivity (Wildman–Crippen MR) is 80.0 cm³/mol. The van der Waals surface area contributed by atoms with E-state index in [2.05, 4.69) is 15.4 Å². The Bertz CT molecular complexity index is 596. The van der Waals surface area contributed by atoms with Gasteiger partial charge in [-0.3, -0.25) is 0 Å². The number of benzene rings is 1. The van der Waals surface area contributed by atoms with Crippen LogP contribution in [0.4, 0.5) is 0 Å². The minimum Gasteiger partial charge on any atom is -0.359 e. The fraction of sp³-hybridized carbons (Fsp3) is 0.214. The zero-order chi connectivity index (χ0) is 13.7.